The van der Waals surface area contributed by atoms with E-state index in [1.165, 1.54) is 11.6 Å². The second kappa shape index (κ2) is 8.19. The van der Waals surface area contributed by atoms with Crippen LogP contribution in [0.3, 0.4) is 0 Å². The summed E-state index contributed by atoms with van der Waals surface area (Å²) in [6.45, 7) is 2.80. The topological polar surface area (TPSA) is 46.6 Å². The van der Waals surface area contributed by atoms with E-state index in [2.05, 4.69) is 6.07 Å². The van der Waals surface area contributed by atoms with Gasteiger partial charge in [-0.1, -0.05) is 48.0 Å². The largest absolute Gasteiger partial charge is 0.449 e. The Kier molecular flexibility index (Phi) is 5.74. The van der Waals surface area contributed by atoms with Gasteiger partial charge in [-0.2, -0.15) is 0 Å². The Balaban J connectivity index is 1.55. The lowest BCUT2D eigenvalue weighted by Crippen LogP contribution is -2.42. The standard InChI is InChI=1S/C21H20ClNO3/c1-15(26-20(24)11-8-16-6-9-19(22)10-7-16)21(25)23-13-12-17-4-2-3-5-18(17)14-23/h2-11,15H,12-14H2,1H3/b11-8+. The summed E-state index contributed by atoms with van der Waals surface area (Å²) in [5.41, 5.74) is 3.25. The van der Waals surface area contributed by atoms with Crippen molar-refractivity contribution in [3.8, 4) is 0 Å². The van der Waals surface area contributed by atoms with Crippen LogP contribution in [0.25, 0.3) is 6.08 Å². The van der Waals surface area contributed by atoms with Crippen molar-refractivity contribution in [2.45, 2.75) is 26.0 Å². The van der Waals surface area contributed by atoms with Crippen LogP contribution in [-0.4, -0.2) is 29.4 Å². The van der Waals surface area contributed by atoms with Crippen LogP contribution in [0, 0.1) is 0 Å². The lowest BCUT2D eigenvalue weighted by Gasteiger charge is -2.30. The first-order valence-electron chi connectivity index (χ1n) is 8.53. The van der Waals surface area contributed by atoms with Crippen molar-refractivity contribution < 1.29 is 14.3 Å². The fourth-order valence-corrected chi connectivity index (χ4v) is 3.07. The third-order valence-corrected chi connectivity index (χ3v) is 4.62. The van der Waals surface area contributed by atoms with E-state index in [0.717, 1.165) is 17.5 Å². The molecule has 0 fully saturated rings. The predicted molar refractivity (Wildman–Crippen MR) is 102 cm³/mol. The molecule has 1 unspecified atom stereocenters. The zero-order valence-corrected chi connectivity index (χ0v) is 15.3. The molecule has 0 N–H and O–H groups in total. The fourth-order valence-electron chi connectivity index (χ4n) is 2.94. The summed E-state index contributed by atoms with van der Waals surface area (Å²) < 4.78 is 5.26. The molecule has 0 aromatic heterocycles. The highest BCUT2D eigenvalue weighted by atomic mass is 35.5. The van der Waals surface area contributed by atoms with E-state index in [9.17, 15) is 9.59 Å². The van der Waals surface area contributed by atoms with Crippen molar-refractivity contribution in [1.82, 2.24) is 4.90 Å². The first kappa shape index (κ1) is 18.2. The molecule has 2 aromatic rings. The van der Waals surface area contributed by atoms with Gasteiger partial charge in [0.2, 0.25) is 0 Å². The fraction of sp³-hybridized carbons (Fsp3) is 0.238. The van der Waals surface area contributed by atoms with E-state index in [-0.39, 0.29) is 5.91 Å². The summed E-state index contributed by atoms with van der Waals surface area (Å²) in [7, 11) is 0. The Bertz CT molecular complexity index is 829. The number of fused-ring (bicyclic) bond motifs is 1. The predicted octanol–water partition coefficient (Wildman–Crippen LogP) is 3.87. The Morgan fingerprint density at radius 1 is 1.12 bits per heavy atom. The molecule has 0 spiro atoms. The Morgan fingerprint density at radius 2 is 1.81 bits per heavy atom. The summed E-state index contributed by atoms with van der Waals surface area (Å²) in [6, 6.07) is 15.2. The van der Waals surface area contributed by atoms with Crippen LogP contribution in [0.15, 0.2) is 54.6 Å². The Hall–Kier alpha value is -2.59. The van der Waals surface area contributed by atoms with Gasteiger partial charge in [-0.15, -0.1) is 0 Å². The minimum absolute atomic E-state index is 0.173. The first-order chi connectivity index (χ1) is 12.5. The summed E-state index contributed by atoms with van der Waals surface area (Å²) in [5.74, 6) is -0.717. The highest BCUT2D eigenvalue weighted by Gasteiger charge is 2.26. The Morgan fingerprint density at radius 3 is 2.54 bits per heavy atom. The molecule has 4 nitrogen and oxygen atoms in total. The first-order valence-corrected chi connectivity index (χ1v) is 8.90. The van der Waals surface area contributed by atoms with Crippen LogP contribution in [0.5, 0.6) is 0 Å². The number of amides is 1. The number of hydrogen-bond acceptors (Lipinski definition) is 3. The van der Waals surface area contributed by atoms with Gasteiger partial charge in [-0.05, 0) is 48.2 Å². The quantitative estimate of drug-likeness (QED) is 0.607. The molecule has 0 saturated carbocycles. The van der Waals surface area contributed by atoms with Crippen LogP contribution in [-0.2, 0) is 27.3 Å². The Labute approximate surface area is 158 Å². The molecule has 2 aromatic carbocycles. The molecule has 1 atom stereocenters. The molecular weight excluding hydrogens is 350 g/mol. The number of hydrogen-bond donors (Lipinski definition) is 0. The van der Waals surface area contributed by atoms with Gasteiger partial charge in [0.15, 0.2) is 6.10 Å². The molecule has 1 aliphatic heterocycles. The maximum atomic E-state index is 12.6. The average Bonchev–Trinajstić information content (AvgIpc) is 2.66. The van der Waals surface area contributed by atoms with Gasteiger partial charge in [0, 0.05) is 24.2 Å². The van der Waals surface area contributed by atoms with E-state index in [1.807, 2.05) is 18.2 Å². The van der Waals surface area contributed by atoms with Crippen molar-refractivity contribution in [3.63, 3.8) is 0 Å². The van der Waals surface area contributed by atoms with Gasteiger partial charge < -0.3 is 9.64 Å². The molecule has 1 amide bonds. The monoisotopic (exact) mass is 369 g/mol. The minimum Gasteiger partial charge on any atom is -0.449 e. The van der Waals surface area contributed by atoms with Crippen molar-refractivity contribution >= 4 is 29.6 Å². The summed E-state index contributed by atoms with van der Waals surface area (Å²) >= 11 is 5.83. The van der Waals surface area contributed by atoms with E-state index >= 15 is 0 Å². The zero-order chi connectivity index (χ0) is 18.5. The number of esters is 1. The highest BCUT2D eigenvalue weighted by Crippen LogP contribution is 2.19. The number of rotatable bonds is 4. The number of carbonyl (C=O) groups is 2. The smallest absolute Gasteiger partial charge is 0.331 e. The number of halogens is 1. The van der Waals surface area contributed by atoms with Crippen molar-refractivity contribution in [1.29, 1.82) is 0 Å². The number of benzene rings is 2. The van der Waals surface area contributed by atoms with Gasteiger partial charge in [-0.25, -0.2) is 4.79 Å². The van der Waals surface area contributed by atoms with Crippen LogP contribution in [0.2, 0.25) is 5.02 Å². The van der Waals surface area contributed by atoms with Gasteiger partial charge >= 0.3 is 5.97 Å². The van der Waals surface area contributed by atoms with Crippen LogP contribution in [0.1, 0.15) is 23.6 Å². The number of nitrogens with zero attached hydrogens (tertiary/aromatic N) is 1. The summed E-state index contributed by atoms with van der Waals surface area (Å²) in [5, 5.41) is 0.632. The molecule has 0 saturated heterocycles. The second-order valence-electron chi connectivity index (χ2n) is 6.24. The average molecular weight is 370 g/mol. The molecule has 0 bridgehead atoms. The molecule has 0 aliphatic carbocycles. The summed E-state index contributed by atoms with van der Waals surface area (Å²) in [4.78, 5) is 26.3. The molecule has 0 radical (unpaired) electrons. The molecule has 26 heavy (non-hydrogen) atoms. The van der Waals surface area contributed by atoms with Gasteiger partial charge in [0.05, 0.1) is 0 Å². The van der Waals surface area contributed by atoms with E-state index in [1.54, 1.807) is 42.2 Å². The number of carbonyl (C=O) groups excluding carboxylic acids is 2. The lowest BCUT2D eigenvalue weighted by molar-refractivity contribution is -0.155. The van der Waals surface area contributed by atoms with Crippen LogP contribution in [0.4, 0.5) is 0 Å². The maximum absolute atomic E-state index is 12.6. The molecule has 3 rings (SSSR count). The zero-order valence-electron chi connectivity index (χ0n) is 14.5. The number of ether oxygens (including phenoxy) is 1. The second-order valence-corrected chi connectivity index (χ2v) is 6.68. The van der Waals surface area contributed by atoms with E-state index < -0.39 is 12.1 Å². The minimum atomic E-state index is -0.817. The maximum Gasteiger partial charge on any atom is 0.331 e. The highest BCUT2D eigenvalue weighted by molar-refractivity contribution is 6.30. The van der Waals surface area contributed by atoms with Crippen LogP contribution < -0.4 is 0 Å². The molecule has 1 aliphatic rings. The van der Waals surface area contributed by atoms with Gasteiger partial charge in [-0.3, -0.25) is 4.79 Å². The molecule has 1 heterocycles. The van der Waals surface area contributed by atoms with Crippen molar-refractivity contribution in [2.75, 3.05) is 6.54 Å². The van der Waals surface area contributed by atoms with Crippen molar-refractivity contribution in [2.24, 2.45) is 0 Å². The van der Waals surface area contributed by atoms with E-state index in [0.29, 0.717) is 18.1 Å². The van der Waals surface area contributed by atoms with Gasteiger partial charge in [0.25, 0.3) is 5.91 Å². The lowest BCUT2D eigenvalue weighted by atomic mass is 9.99. The van der Waals surface area contributed by atoms with Gasteiger partial charge in [0.1, 0.15) is 0 Å². The SMILES string of the molecule is CC(OC(=O)/C=C/c1ccc(Cl)cc1)C(=O)N1CCc2ccccc2C1. The molecule has 134 valence electrons. The normalized spacial score (nSPS) is 14.8. The molecule has 5 heteroatoms. The summed E-state index contributed by atoms with van der Waals surface area (Å²) in [6.07, 6.45) is 2.95. The van der Waals surface area contributed by atoms with Crippen molar-refractivity contribution in [3.05, 3.63) is 76.3 Å². The third-order valence-electron chi connectivity index (χ3n) is 4.36. The van der Waals surface area contributed by atoms with E-state index in [4.69, 9.17) is 16.3 Å². The third kappa shape index (κ3) is 4.52. The van der Waals surface area contributed by atoms with Crippen LogP contribution >= 0.6 is 11.6 Å². The molecular formula is C21H20ClNO3.